The molecule has 1 atom stereocenters. The molecule has 34 heavy (non-hydrogen) atoms. The van der Waals surface area contributed by atoms with Gasteiger partial charge in [-0.2, -0.15) is 0 Å². The fourth-order valence-corrected chi connectivity index (χ4v) is 4.78. The Bertz CT molecular complexity index is 1060. The van der Waals surface area contributed by atoms with Crippen LogP contribution in [0.25, 0.3) is 0 Å². The van der Waals surface area contributed by atoms with Gasteiger partial charge in [0.2, 0.25) is 5.75 Å². The van der Waals surface area contributed by atoms with E-state index in [-0.39, 0.29) is 6.04 Å². The lowest BCUT2D eigenvalue weighted by molar-refractivity contribution is 0.237. The molecule has 0 saturated carbocycles. The standard InChI is InChI=1S/C27H30Cl2N2O3/c1-32-23-16-20(17-24(33-2)27(23)34-18-19-8-4-3-5-9-19)26(31-14-7-12-30-13-15-31)21-10-6-11-22(28)25(21)29/h3-6,8-11,16-17,26,30H,7,12-15,18H2,1-2H3. The Balaban J connectivity index is 1.76. The van der Waals surface area contributed by atoms with Crippen molar-refractivity contribution in [3.05, 3.63) is 87.4 Å². The maximum Gasteiger partial charge on any atom is 0.203 e. The second kappa shape index (κ2) is 11.8. The SMILES string of the molecule is COc1cc(C(c2cccc(Cl)c2Cl)N2CCCNCC2)cc(OC)c1OCc1ccccc1. The minimum absolute atomic E-state index is 0.114. The predicted octanol–water partition coefficient (Wildman–Crippen LogP) is 5.97. The molecule has 3 aromatic carbocycles. The van der Waals surface area contributed by atoms with E-state index >= 15 is 0 Å². The van der Waals surface area contributed by atoms with Crippen molar-refractivity contribution in [2.45, 2.75) is 19.1 Å². The Morgan fingerprint density at radius 2 is 1.65 bits per heavy atom. The Kier molecular flexibility index (Phi) is 8.57. The van der Waals surface area contributed by atoms with Gasteiger partial charge < -0.3 is 19.5 Å². The van der Waals surface area contributed by atoms with Gasteiger partial charge in [-0.05, 0) is 47.9 Å². The fourth-order valence-electron chi connectivity index (χ4n) is 4.37. The largest absolute Gasteiger partial charge is 0.493 e. The van der Waals surface area contributed by atoms with Crippen molar-refractivity contribution in [1.29, 1.82) is 0 Å². The number of halogens is 2. The molecule has 5 nitrogen and oxygen atoms in total. The van der Waals surface area contributed by atoms with E-state index < -0.39 is 0 Å². The Morgan fingerprint density at radius 3 is 2.35 bits per heavy atom. The molecule has 0 amide bonds. The van der Waals surface area contributed by atoms with Crippen molar-refractivity contribution in [2.75, 3.05) is 40.4 Å². The summed E-state index contributed by atoms with van der Waals surface area (Å²) in [5, 5.41) is 4.58. The van der Waals surface area contributed by atoms with Gasteiger partial charge >= 0.3 is 0 Å². The third-order valence-corrected chi connectivity index (χ3v) is 6.87. The van der Waals surface area contributed by atoms with Gasteiger partial charge in [0.1, 0.15) is 6.61 Å². The van der Waals surface area contributed by atoms with Crippen molar-refractivity contribution in [1.82, 2.24) is 10.2 Å². The van der Waals surface area contributed by atoms with Crippen LogP contribution in [0.2, 0.25) is 10.0 Å². The Hall–Kier alpha value is -2.44. The van der Waals surface area contributed by atoms with E-state index in [1.165, 1.54) is 0 Å². The maximum absolute atomic E-state index is 6.73. The molecule has 0 aliphatic carbocycles. The molecule has 1 fully saturated rings. The van der Waals surface area contributed by atoms with Crippen molar-refractivity contribution >= 4 is 23.2 Å². The molecule has 0 spiro atoms. The normalized spacial score (nSPS) is 15.4. The highest BCUT2D eigenvalue weighted by atomic mass is 35.5. The predicted molar refractivity (Wildman–Crippen MR) is 138 cm³/mol. The average Bonchev–Trinajstić information content (AvgIpc) is 3.15. The van der Waals surface area contributed by atoms with E-state index in [2.05, 4.69) is 10.2 Å². The number of rotatable bonds is 8. The Labute approximate surface area is 211 Å². The van der Waals surface area contributed by atoms with Crippen molar-refractivity contribution in [3.63, 3.8) is 0 Å². The summed E-state index contributed by atoms with van der Waals surface area (Å²) < 4.78 is 17.7. The van der Waals surface area contributed by atoms with Gasteiger partial charge in [-0.15, -0.1) is 0 Å². The van der Waals surface area contributed by atoms with Crippen LogP contribution in [0.1, 0.15) is 29.2 Å². The van der Waals surface area contributed by atoms with E-state index in [4.69, 9.17) is 37.4 Å². The van der Waals surface area contributed by atoms with Crippen LogP contribution < -0.4 is 19.5 Å². The van der Waals surface area contributed by atoms with Gasteiger partial charge in [0, 0.05) is 19.6 Å². The molecule has 0 bridgehead atoms. The zero-order valence-electron chi connectivity index (χ0n) is 19.5. The van der Waals surface area contributed by atoms with Crippen LogP contribution >= 0.6 is 23.2 Å². The van der Waals surface area contributed by atoms with E-state index in [0.29, 0.717) is 33.9 Å². The first-order valence-corrected chi connectivity index (χ1v) is 12.2. The highest BCUT2D eigenvalue weighted by molar-refractivity contribution is 6.42. The van der Waals surface area contributed by atoms with Crippen LogP contribution in [0.5, 0.6) is 17.2 Å². The van der Waals surface area contributed by atoms with Crippen molar-refractivity contribution in [2.24, 2.45) is 0 Å². The molecule has 1 aliphatic rings. The first-order chi connectivity index (χ1) is 16.6. The number of hydrogen-bond donors (Lipinski definition) is 1. The zero-order chi connectivity index (χ0) is 23.9. The molecular formula is C27H30Cl2N2O3. The molecule has 1 aliphatic heterocycles. The Morgan fingerprint density at radius 1 is 0.912 bits per heavy atom. The molecule has 0 radical (unpaired) electrons. The summed E-state index contributed by atoms with van der Waals surface area (Å²) in [4.78, 5) is 2.43. The highest BCUT2D eigenvalue weighted by Crippen LogP contribution is 2.44. The average molecular weight is 501 g/mol. The van der Waals surface area contributed by atoms with Gasteiger partial charge in [0.05, 0.1) is 30.3 Å². The van der Waals surface area contributed by atoms with Crippen LogP contribution in [0.15, 0.2) is 60.7 Å². The summed E-state index contributed by atoms with van der Waals surface area (Å²) in [6.45, 7) is 4.11. The first kappa shape index (κ1) is 24.7. The molecule has 7 heteroatoms. The van der Waals surface area contributed by atoms with Crippen LogP contribution in [-0.2, 0) is 6.61 Å². The second-order valence-electron chi connectivity index (χ2n) is 8.21. The van der Waals surface area contributed by atoms with E-state index in [1.807, 2.05) is 60.7 Å². The van der Waals surface area contributed by atoms with Crippen molar-refractivity contribution in [3.8, 4) is 17.2 Å². The molecule has 1 N–H and O–H groups in total. The highest BCUT2D eigenvalue weighted by Gasteiger charge is 2.28. The van der Waals surface area contributed by atoms with E-state index in [9.17, 15) is 0 Å². The molecule has 1 saturated heterocycles. The van der Waals surface area contributed by atoms with E-state index in [1.54, 1.807) is 14.2 Å². The molecule has 1 heterocycles. The van der Waals surface area contributed by atoms with Crippen LogP contribution in [0.3, 0.4) is 0 Å². The number of benzene rings is 3. The number of nitrogens with one attached hydrogen (secondary N) is 1. The summed E-state index contributed by atoms with van der Waals surface area (Å²) in [5.74, 6) is 1.80. The molecule has 0 aromatic heterocycles. The monoisotopic (exact) mass is 500 g/mol. The molecular weight excluding hydrogens is 471 g/mol. The summed E-state index contributed by atoms with van der Waals surface area (Å²) in [7, 11) is 3.29. The lowest BCUT2D eigenvalue weighted by Crippen LogP contribution is -2.33. The van der Waals surface area contributed by atoms with Gasteiger partial charge in [0.25, 0.3) is 0 Å². The number of nitrogens with zero attached hydrogens (tertiary/aromatic N) is 1. The number of ether oxygens (including phenoxy) is 3. The third kappa shape index (κ3) is 5.61. The maximum atomic E-state index is 6.73. The van der Waals surface area contributed by atoms with Gasteiger partial charge in [-0.25, -0.2) is 0 Å². The molecule has 3 aromatic rings. The van der Waals surface area contributed by atoms with Gasteiger partial charge in [0.15, 0.2) is 11.5 Å². The fraction of sp³-hybridized carbons (Fsp3) is 0.333. The van der Waals surface area contributed by atoms with Crippen LogP contribution in [0, 0.1) is 0 Å². The van der Waals surface area contributed by atoms with Gasteiger partial charge in [-0.1, -0.05) is 65.7 Å². The summed E-state index contributed by atoms with van der Waals surface area (Å²) in [5.41, 5.74) is 3.03. The lowest BCUT2D eigenvalue weighted by atomic mass is 9.95. The minimum atomic E-state index is -0.114. The van der Waals surface area contributed by atoms with Crippen molar-refractivity contribution < 1.29 is 14.2 Å². The molecule has 4 rings (SSSR count). The van der Waals surface area contributed by atoms with Gasteiger partial charge in [-0.3, -0.25) is 4.90 Å². The number of methoxy groups -OCH3 is 2. The van der Waals surface area contributed by atoms with Crippen LogP contribution in [-0.4, -0.2) is 45.3 Å². The lowest BCUT2D eigenvalue weighted by Gasteiger charge is -2.32. The van der Waals surface area contributed by atoms with Crippen LogP contribution in [0.4, 0.5) is 0 Å². The third-order valence-electron chi connectivity index (χ3n) is 6.04. The van der Waals surface area contributed by atoms with E-state index in [0.717, 1.165) is 49.3 Å². The molecule has 180 valence electrons. The smallest absolute Gasteiger partial charge is 0.203 e. The quantitative estimate of drug-likeness (QED) is 0.412. The topological polar surface area (TPSA) is 43.0 Å². The second-order valence-corrected chi connectivity index (χ2v) is 9.00. The number of hydrogen-bond acceptors (Lipinski definition) is 5. The summed E-state index contributed by atoms with van der Waals surface area (Å²) in [6.07, 6.45) is 1.04. The minimum Gasteiger partial charge on any atom is -0.493 e. The summed E-state index contributed by atoms with van der Waals surface area (Å²) in [6, 6.07) is 19.7. The zero-order valence-corrected chi connectivity index (χ0v) is 21.0. The first-order valence-electron chi connectivity index (χ1n) is 11.4. The molecule has 1 unspecified atom stereocenters. The summed E-state index contributed by atoms with van der Waals surface area (Å²) >= 11 is 13.2.